The summed E-state index contributed by atoms with van der Waals surface area (Å²) in [7, 11) is 0. The molecule has 128 valence electrons. The van der Waals surface area contributed by atoms with E-state index >= 15 is 0 Å². The Morgan fingerprint density at radius 2 is 1.96 bits per heavy atom. The minimum Gasteiger partial charge on any atom is -0.459 e. The molecule has 0 saturated carbocycles. The Balaban J connectivity index is 1.55. The van der Waals surface area contributed by atoms with E-state index in [0.717, 1.165) is 15.4 Å². The van der Waals surface area contributed by atoms with E-state index in [9.17, 15) is 9.59 Å². The fraction of sp³-hybridized carbons (Fsp3) is 0.158. The zero-order chi connectivity index (χ0) is 17.8. The summed E-state index contributed by atoms with van der Waals surface area (Å²) in [5.41, 5.74) is 1.15. The molecule has 3 rings (SSSR count). The highest BCUT2D eigenvalue weighted by atomic mass is 79.9. The first kappa shape index (κ1) is 17.2. The molecule has 0 aliphatic carbocycles. The molecule has 0 fully saturated rings. The lowest BCUT2D eigenvalue weighted by molar-refractivity contribution is -0.125. The number of para-hydroxylation sites is 1. The number of ether oxygens (including phenoxy) is 1. The Hall–Kier alpha value is -2.60. The van der Waals surface area contributed by atoms with Gasteiger partial charge in [0.15, 0.2) is 6.61 Å². The Bertz CT molecular complexity index is 885. The Morgan fingerprint density at radius 3 is 2.72 bits per heavy atom. The van der Waals surface area contributed by atoms with Crippen molar-refractivity contribution < 1.29 is 18.7 Å². The van der Waals surface area contributed by atoms with E-state index in [4.69, 9.17) is 9.15 Å². The summed E-state index contributed by atoms with van der Waals surface area (Å²) in [6.07, 6.45) is 0. The summed E-state index contributed by atoms with van der Waals surface area (Å²) in [6.45, 7) is 1.46. The second-order valence-corrected chi connectivity index (χ2v) is 6.48. The van der Waals surface area contributed by atoms with Gasteiger partial charge in [-0.25, -0.2) is 4.79 Å². The molecule has 0 bridgehead atoms. The molecule has 0 saturated heterocycles. The van der Waals surface area contributed by atoms with E-state index < -0.39 is 11.9 Å². The van der Waals surface area contributed by atoms with Crippen LogP contribution in [0.1, 0.15) is 29.1 Å². The minimum absolute atomic E-state index is 0.329. The monoisotopic (exact) mass is 401 g/mol. The number of hydrogen-bond acceptors (Lipinski definition) is 4. The number of benzene rings is 2. The number of amides is 1. The average molecular weight is 402 g/mol. The predicted molar refractivity (Wildman–Crippen MR) is 97.2 cm³/mol. The van der Waals surface area contributed by atoms with Gasteiger partial charge in [0.25, 0.3) is 5.91 Å². The van der Waals surface area contributed by atoms with Crippen molar-refractivity contribution in [1.29, 1.82) is 0 Å². The highest BCUT2D eigenvalue weighted by Crippen LogP contribution is 2.23. The van der Waals surface area contributed by atoms with Crippen molar-refractivity contribution in [2.24, 2.45) is 0 Å². The first-order chi connectivity index (χ1) is 12.0. The molecule has 1 N–H and O–H groups in total. The topological polar surface area (TPSA) is 68.5 Å². The maximum absolute atomic E-state index is 12.0. The highest BCUT2D eigenvalue weighted by Gasteiger charge is 2.16. The van der Waals surface area contributed by atoms with E-state index in [1.54, 1.807) is 24.3 Å². The SMILES string of the molecule is C[C@H](NC(=O)COC(=O)c1cccc(Br)c1)c1cc2ccccc2o1. The summed E-state index contributed by atoms with van der Waals surface area (Å²) in [4.78, 5) is 23.9. The van der Waals surface area contributed by atoms with Gasteiger partial charge < -0.3 is 14.5 Å². The van der Waals surface area contributed by atoms with Gasteiger partial charge in [-0.15, -0.1) is 0 Å². The van der Waals surface area contributed by atoms with Gasteiger partial charge in [-0.1, -0.05) is 40.2 Å². The number of furan rings is 1. The highest BCUT2D eigenvalue weighted by molar-refractivity contribution is 9.10. The smallest absolute Gasteiger partial charge is 0.338 e. The number of carbonyl (C=O) groups excluding carboxylic acids is 2. The molecule has 3 aromatic rings. The minimum atomic E-state index is -0.548. The molecule has 5 nitrogen and oxygen atoms in total. The number of hydrogen-bond donors (Lipinski definition) is 1. The molecular formula is C19H16BrNO4. The van der Waals surface area contributed by atoms with Crippen LogP contribution >= 0.6 is 15.9 Å². The quantitative estimate of drug-likeness (QED) is 0.649. The van der Waals surface area contributed by atoms with Gasteiger partial charge >= 0.3 is 5.97 Å². The lowest BCUT2D eigenvalue weighted by Crippen LogP contribution is -2.31. The van der Waals surface area contributed by atoms with Crippen molar-refractivity contribution in [2.75, 3.05) is 6.61 Å². The summed E-state index contributed by atoms with van der Waals surface area (Å²) in [5, 5.41) is 3.73. The summed E-state index contributed by atoms with van der Waals surface area (Å²) < 4.78 is 11.5. The number of fused-ring (bicyclic) bond motifs is 1. The number of halogens is 1. The first-order valence-corrected chi connectivity index (χ1v) is 8.53. The predicted octanol–water partition coefficient (Wildman–Crippen LogP) is 4.23. The van der Waals surface area contributed by atoms with Crippen molar-refractivity contribution in [2.45, 2.75) is 13.0 Å². The molecule has 2 aromatic carbocycles. The third-order valence-corrected chi connectivity index (χ3v) is 4.14. The van der Waals surface area contributed by atoms with Crippen LogP contribution in [0.3, 0.4) is 0 Å². The van der Waals surface area contributed by atoms with Crippen LogP contribution in [0.2, 0.25) is 0 Å². The van der Waals surface area contributed by atoms with E-state index in [0.29, 0.717) is 11.3 Å². The Labute approximate surface area is 153 Å². The Morgan fingerprint density at radius 1 is 1.16 bits per heavy atom. The molecule has 25 heavy (non-hydrogen) atoms. The molecule has 6 heteroatoms. The van der Waals surface area contributed by atoms with Gasteiger partial charge in [-0.05, 0) is 37.3 Å². The third-order valence-electron chi connectivity index (χ3n) is 3.64. The van der Waals surface area contributed by atoms with Gasteiger partial charge in [0, 0.05) is 9.86 Å². The first-order valence-electron chi connectivity index (χ1n) is 7.73. The van der Waals surface area contributed by atoms with Gasteiger partial charge in [0.05, 0.1) is 11.6 Å². The molecule has 1 atom stereocenters. The molecule has 1 amide bonds. The van der Waals surface area contributed by atoms with Crippen LogP contribution in [-0.2, 0) is 9.53 Å². The van der Waals surface area contributed by atoms with Crippen LogP contribution in [-0.4, -0.2) is 18.5 Å². The van der Waals surface area contributed by atoms with Crippen LogP contribution in [0.25, 0.3) is 11.0 Å². The summed E-state index contributed by atoms with van der Waals surface area (Å²) >= 11 is 3.29. The average Bonchev–Trinajstić information content (AvgIpc) is 3.04. The second kappa shape index (κ2) is 7.53. The molecule has 0 unspecified atom stereocenters. The number of rotatable bonds is 5. The van der Waals surface area contributed by atoms with Crippen molar-refractivity contribution in [3.8, 4) is 0 Å². The maximum Gasteiger partial charge on any atom is 0.338 e. The third kappa shape index (κ3) is 4.28. The standard InChI is InChI=1S/C19H16BrNO4/c1-12(17-10-13-5-2-3-8-16(13)25-17)21-18(22)11-24-19(23)14-6-4-7-15(20)9-14/h2-10,12H,11H2,1H3,(H,21,22)/t12-/m0/s1. The zero-order valence-electron chi connectivity index (χ0n) is 13.5. The van der Waals surface area contributed by atoms with Gasteiger partial charge in [-0.3, -0.25) is 4.79 Å². The summed E-state index contributed by atoms with van der Waals surface area (Å²) in [5.74, 6) is -0.294. The molecule has 1 heterocycles. The molecular weight excluding hydrogens is 386 g/mol. The van der Waals surface area contributed by atoms with Gasteiger partial charge in [-0.2, -0.15) is 0 Å². The van der Waals surface area contributed by atoms with Crippen LogP contribution < -0.4 is 5.32 Å². The van der Waals surface area contributed by atoms with Crippen molar-refractivity contribution in [1.82, 2.24) is 5.32 Å². The second-order valence-electron chi connectivity index (χ2n) is 5.56. The fourth-order valence-corrected chi connectivity index (χ4v) is 2.80. The van der Waals surface area contributed by atoms with Crippen molar-refractivity contribution in [3.05, 3.63) is 70.4 Å². The van der Waals surface area contributed by atoms with Gasteiger partial charge in [0.2, 0.25) is 0 Å². The normalized spacial score (nSPS) is 11.9. The number of nitrogens with one attached hydrogen (secondary N) is 1. The lowest BCUT2D eigenvalue weighted by Gasteiger charge is -2.11. The van der Waals surface area contributed by atoms with Crippen molar-refractivity contribution >= 4 is 38.8 Å². The van der Waals surface area contributed by atoms with E-state index in [1.165, 1.54) is 0 Å². The molecule has 0 aliphatic heterocycles. The number of carbonyl (C=O) groups is 2. The van der Waals surface area contributed by atoms with E-state index in [-0.39, 0.29) is 12.6 Å². The zero-order valence-corrected chi connectivity index (χ0v) is 15.1. The van der Waals surface area contributed by atoms with E-state index in [2.05, 4.69) is 21.2 Å². The molecule has 1 aromatic heterocycles. The van der Waals surface area contributed by atoms with Crippen LogP contribution in [0.4, 0.5) is 0 Å². The largest absolute Gasteiger partial charge is 0.459 e. The van der Waals surface area contributed by atoms with Crippen LogP contribution in [0.15, 0.2) is 63.5 Å². The lowest BCUT2D eigenvalue weighted by atomic mass is 10.2. The molecule has 0 aliphatic rings. The van der Waals surface area contributed by atoms with Crippen molar-refractivity contribution in [3.63, 3.8) is 0 Å². The fourth-order valence-electron chi connectivity index (χ4n) is 2.40. The van der Waals surface area contributed by atoms with Gasteiger partial charge in [0.1, 0.15) is 11.3 Å². The Kier molecular flexibility index (Phi) is 5.19. The number of esters is 1. The molecule has 0 radical (unpaired) electrons. The van der Waals surface area contributed by atoms with E-state index in [1.807, 2.05) is 37.3 Å². The summed E-state index contributed by atoms with van der Waals surface area (Å²) in [6, 6.07) is 16.0. The van der Waals surface area contributed by atoms with Crippen LogP contribution in [0.5, 0.6) is 0 Å². The maximum atomic E-state index is 12.0. The molecule has 0 spiro atoms. The van der Waals surface area contributed by atoms with Crippen LogP contribution in [0, 0.1) is 0 Å².